The molecule has 0 atom stereocenters. The summed E-state index contributed by atoms with van der Waals surface area (Å²) in [4.78, 5) is 8.33. The van der Waals surface area contributed by atoms with Crippen molar-refractivity contribution in [2.75, 3.05) is 7.05 Å². The number of nitrogens with one attached hydrogen (secondary N) is 1. The molecule has 0 amide bonds. The highest BCUT2D eigenvalue weighted by atomic mass is 35.5. The van der Waals surface area contributed by atoms with Crippen LogP contribution in [0.2, 0.25) is 10.0 Å². The Labute approximate surface area is 115 Å². The summed E-state index contributed by atoms with van der Waals surface area (Å²) in [5.41, 5.74) is 0.792. The van der Waals surface area contributed by atoms with E-state index in [0.717, 1.165) is 5.69 Å². The van der Waals surface area contributed by atoms with E-state index in [1.165, 1.54) is 6.20 Å². The maximum Gasteiger partial charge on any atom is 0.238 e. The van der Waals surface area contributed by atoms with Gasteiger partial charge in [0.25, 0.3) is 0 Å². The molecule has 0 radical (unpaired) electrons. The number of aromatic nitrogens is 2. The molecule has 0 aliphatic carbocycles. The second-order valence-electron chi connectivity index (χ2n) is 3.56. The molecule has 2 rings (SSSR count). The maximum absolute atomic E-state index is 6.01. The minimum absolute atomic E-state index is 0.395. The summed E-state index contributed by atoms with van der Waals surface area (Å²) in [5, 5.41) is 3.98. The van der Waals surface area contributed by atoms with Gasteiger partial charge in [-0.2, -0.15) is 0 Å². The van der Waals surface area contributed by atoms with Gasteiger partial charge in [-0.05, 0) is 25.2 Å². The third kappa shape index (κ3) is 3.32. The maximum atomic E-state index is 6.01. The molecule has 94 valence electrons. The molecule has 0 saturated heterocycles. The van der Waals surface area contributed by atoms with Gasteiger partial charge in [-0.25, -0.2) is 4.98 Å². The highest BCUT2D eigenvalue weighted by Gasteiger charge is 2.06. The normalized spacial score (nSPS) is 10.4. The Kier molecular flexibility index (Phi) is 4.36. The van der Waals surface area contributed by atoms with Crippen LogP contribution in [0.5, 0.6) is 11.6 Å². The predicted molar refractivity (Wildman–Crippen MR) is 71.3 cm³/mol. The Morgan fingerprint density at radius 2 is 2.11 bits per heavy atom. The van der Waals surface area contributed by atoms with Crippen LogP contribution in [0, 0.1) is 0 Å². The molecule has 0 aliphatic heterocycles. The minimum Gasteiger partial charge on any atom is -0.436 e. The molecular formula is C12H11Cl2N3O. The Morgan fingerprint density at radius 1 is 1.28 bits per heavy atom. The third-order valence-electron chi connectivity index (χ3n) is 2.13. The van der Waals surface area contributed by atoms with Crippen LogP contribution in [-0.2, 0) is 6.54 Å². The largest absolute Gasteiger partial charge is 0.436 e. The minimum atomic E-state index is 0.395. The highest BCUT2D eigenvalue weighted by molar-refractivity contribution is 6.35. The molecule has 2 aromatic rings. The van der Waals surface area contributed by atoms with E-state index < -0.39 is 0 Å². The van der Waals surface area contributed by atoms with Crippen LogP contribution < -0.4 is 10.1 Å². The average molecular weight is 284 g/mol. The molecule has 18 heavy (non-hydrogen) atoms. The van der Waals surface area contributed by atoms with Crippen molar-refractivity contribution < 1.29 is 4.74 Å². The molecule has 1 N–H and O–H groups in total. The number of benzene rings is 1. The summed E-state index contributed by atoms with van der Waals surface area (Å²) in [7, 11) is 1.84. The van der Waals surface area contributed by atoms with Gasteiger partial charge in [-0.3, -0.25) is 4.98 Å². The SMILES string of the molecule is CNCc1cncc(Oc2ccc(Cl)cc2Cl)n1. The Balaban J connectivity index is 2.20. The molecular weight excluding hydrogens is 273 g/mol. The standard InChI is InChI=1S/C12H11Cl2N3O/c1-15-5-9-6-16-7-12(17-9)18-11-3-2-8(13)4-10(11)14/h2-4,6-7,15H,5H2,1H3. The lowest BCUT2D eigenvalue weighted by atomic mass is 10.3. The quantitative estimate of drug-likeness (QED) is 0.935. The summed E-state index contributed by atoms with van der Waals surface area (Å²) >= 11 is 11.8. The lowest BCUT2D eigenvalue weighted by molar-refractivity contribution is 0.457. The molecule has 0 saturated carbocycles. The summed E-state index contributed by atoms with van der Waals surface area (Å²) < 4.78 is 5.56. The molecule has 4 nitrogen and oxygen atoms in total. The van der Waals surface area contributed by atoms with Crippen molar-refractivity contribution in [3.05, 3.63) is 46.3 Å². The number of hydrogen-bond donors (Lipinski definition) is 1. The fraction of sp³-hybridized carbons (Fsp3) is 0.167. The average Bonchev–Trinajstić information content (AvgIpc) is 2.34. The first-order valence-electron chi connectivity index (χ1n) is 5.27. The van der Waals surface area contributed by atoms with E-state index in [4.69, 9.17) is 27.9 Å². The Morgan fingerprint density at radius 3 is 2.83 bits per heavy atom. The van der Waals surface area contributed by atoms with Crippen LogP contribution in [0.15, 0.2) is 30.6 Å². The zero-order valence-electron chi connectivity index (χ0n) is 9.65. The van der Waals surface area contributed by atoms with Gasteiger partial charge >= 0.3 is 0 Å². The Hall–Kier alpha value is -1.36. The smallest absolute Gasteiger partial charge is 0.238 e. The highest BCUT2D eigenvalue weighted by Crippen LogP contribution is 2.30. The van der Waals surface area contributed by atoms with Crippen LogP contribution >= 0.6 is 23.2 Å². The fourth-order valence-corrected chi connectivity index (χ4v) is 1.82. The van der Waals surface area contributed by atoms with Crippen molar-refractivity contribution >= 4 is 23.2 Å². The molecule has 1 heterocycles. The van der Waals surface area contributed by atoms with Gasteiger partial charge < -0.3 is 10.1 Å². The van der Waals surface area contributed by atoms with E-state index in [1.807, 2.05) is 7.05 Å². The first-order chi connectivity index (χ1) is 8.69. The van der Waals surface area contributed by atoms with Crippen LogP contribution in [0.25, 0.3) is 0 Å². The summed E-state index contributed by atoms with van der Waals surface area (Å²) in [5.74, 6) is 0.893. The first kappa shape index (κ1) is 13.1. The van der Waals surface area contributed by atoms with Crippen molar-refractivity contribution in [3.8, 4) is 11.6 Å². The zero-order chi connectivity index (χ0) is 13.0. The van der Waals surface area contributed by atoms with Gasteiger partial charge in [0.05, 0.1) is 16.9 Å². The van der Waals surface area contributed by atoms with Crippen LogP contribution in [0.1, 0.15) is 5.69 Å². The topological polar surface area (TPSA) is 47.0 Å². The van der Waals surface area contributed by atoms with Gasteiger partial charge in [0.1, 0.15) is 5.75 Å². The number of rotatable bonds is 4. The molecule has 0 aliphatic rings. The molecule has 0 fully saturated rings. The second kappa shape index (κ2) is 6.00. The predicted octanol–water partition coefficient (Wildman–Crippen LogP) is 3.30. The van der Waals surface area contributed by atoms with E-state index >= 15 is 0 Å². The van der Waals surface area contributed by atoms with Gasteiger partial charge in [-0.15, -0.1) is 0 Å². The number of halogens is 2. The monoisotopic (exact) mass is 283 g/mol. The van der Waals surface area contributed by atoms with E-state index in [2.05, 4.69) is 15.3 Å². The zero-order valence-corrected chi connectivity index (χ0v) is 11.2. The molecule has 1 aromatic heterocycles. The summed E-state index contributed by atoms with van der Waals surface area (Å²) in [6.45, 7) is 0.624. The van der Waals surface area contributed by atoms with Crippen LogP contribution in [-0.4, -0.2) is 17.0 Å². The van der Waals surface area contributed by atoms with Crippen molar-refractivity contribution in [2.24, 2.45) is 0 Å². The van der Waals surface area contributed by atoms with Gasteiger partial charge in [0.2, 0.25) is 5.88 Å². The summed E-state index contributed by atoms with van der Waals surface area (Å²) in [6.07, 6.45) is 3.21. The van der Waals surface area contributed by atoms with Crippen molar-refractivity contribution in [1.29, 1.82) is 0 Å². The van der Waals surface area contributed by atoms with Gasteiger partial charge in [0.15, 0.2) is 0 Å². The lowest BCUT2D eigenvalue weighted by Crippen LogP contribution is -2.07. The number of ether oxygens (including phenoxy) is 1. The number of nitrogens with zero attached hydrogens (tertiary/aromatic N) is 2. The fourth-order valence-electron chi connectivity index (χ4n) is 1.37. The molecule has 0 spiro atoms. The van der Waals surface area contributed by atoms with E-state index in [0.29, 0.717) is 28.2 Å². The first-order valence-corrected chi connectivity index (χ1v) is 6.03. The van der Waals surface area contributed by atoms with E-state index in [9.17, 15) is 0 Å². The van der Waals surface area contributed by atoms with Gasteiger partial charge in [0, 0.05) is 17.8 Å². The van der Waals surface area contributed by atoms with Crippen molar-refractivity contribution in [3.63, 3.8) is 0 Å². The molecule has 0 unspecified atom stereocenters. The van der Waals surface area contributed by atoms with Gasteiger partial charge in [-0.1, -0.05) is 23.2 Å². The van der Waals surface area contributed by atoms with Crippen LogP contribution in [0.3, 0.4) is 0 Å². The van der Waals surface area contributed by atoms with Crippen molar-refractivity contribution in [2.45, 2.75) is 6.54 Å². The van der Waals surface area contributed by atoms with Crippen molar-refractivity contribution in [1.82, 2.24) is 15.3 Å². The third-order valence-corrected chi connectivity index (χ3v) is 2.66. The summed E-state index contributed by atoms with van der Waals surface area (Å²) in [6, 6.07) is 5.01. The second-order valence-corrected chi connectivity index (χ2v) is 4.40. The Bertz CT molecular complexity index is 549. The molecule has 0 bridgehead atoms. The lowest BCUT2D eigenvalue weighted by Gasteiger charge is -2.07. The van der Waals surface area contributed by atoms with E-state index in [1.54, 1.807) is 24.4 Å². The van der Waals surface area contributed by atoms with E-state index in [-0.39, 0.29) is 0 Å². The number of hydrogen-bond acceptors (Lipinski definition) is 4. The molecule has 6 heteroatoms. The van der Waals surface area contributed by atoms with Crippen LogP contribution in [0.4, 0.5) is 0 Å². The molecule has 1 aromatic carbocycles.